The molecule has 1 amide bonds. The molecule has 1 unspecified atom stereocenters. The lowest BCUT2D eigenvalue weighted by Gasteiger charge is -2.34. The topological polar surface area (TPSA) is 66.6 Å². The van der Waals surface area contributed by atoms with Gasteiger partial charge in [0.2, 0.25) is 0 Å². The number of halogens is 1. The molecule has 2 heterocycles. The molecule has 0 radical (unpaired) electrons. The van der Waals surface area contributed by atoms with E-state index in [4.69, 9.17) is 16.1 Å². The number of rotatable bonds is 3. The lowest BCUT2D eigenvalue weighted by molar-refractivity contribution is 0.0456. The van der Waals surface area contributed by atoms with Gasteiger partial charge in [-0.3, -0.25) is 4.79 Å². The van der Waals surface area contributed by atoms with Gasteiger partial charge in [-0.2, -0.15) is 0 Å². The minimum atomic E-state index is -0.526. The van der Waals surface area contributed by atoms with Crippen molar-refractivity contribution in [2.24, 2.45) is 5.92 Å². The first kappa shape index (κ1) is 15.1. The van der Waals surface area contributed by atoms with Crippen LogP contribution in [0.15, 0.2) is 41.1 Å². The standard InChI is InChI=1S/C16H17ClN2O3/c17-13-3-1-11(2-4-13)15(20)12-5-8-19(9-6-12)16(21)14-7-10-22-18-14/h1-4,7,10,12,15,20H,5-6,8-9H2. The van der Waals surface area contributed by atoms with Crippen LogP contribution < -0.4 is 0 Å². The Morgan fingerprint density at radius 2 is 1.95 bits per heavy atom. The fraction of sp³-hybridized carbons (Fsp3) is 0.375. The molecule has 0 aliphatic carbocycles. The van der Waals surface area contributed by atoms with Gasteiger partial charge in [0.1, 0.15) is 6.26 Å². The highest BCUT2D eigenvalue weighted by atomic mass is 35.5. The van der Waals surface area contributed by atoms with Crippen LogP contribution in [0.3, 0.4) is 0 Å². The molecular formula is C16H17ClN2O3. The van der Waals surface area contributed by atoms with Crippen LogP contribution in [0.5, 0.6) is 0 Å². The van der Waals surface area contributed by atoms with Gasteiger partial charge in [0, 0.05) is 24.2 Å². The number of hydrogen-bond acceptors (Lipinski definition) is 4. The van der Waals surface area contributed by atoms with Crippen molar-refractivity contribution in [1.82, 2.24) is 10.1 Å². The van der Waals surface area contributed by atoms with Crippen molar-refractivity contribution in [3.05, 3.63) is 52.9 Å². The molecule has 0 bridgehead atoms. The zero-order valence-corrected chi connectivity index (χ0v) is 12.7. The van der Waals surface area contributed by atoms with Crippen molar-refractivity contribution < 1.29 is 14.4 Å². The fourth-order valence-corrected chi connectivity index (χ4v) is 2.96. The van der Waals surface area contributed by atoms with Gasteiger partial charge in [-0.1, -0.05) is 28.9 Å². The highest BCUT2D eigenvalue weighted by Crippen LogP contribution is 2.31. The molecular weight excluding hydrogens is 304 g/mol. The van der Waals surface area contributed by atoms with Crippen molar-refractivity contribution in [3.63, 3.8) is 0 Å². The Balaban J connectivity index is 1.59. The van der Waals surface area contributed by atoms with Gasteiger partial charge in [0.05, 0.1) is 6.10 Å². The Bertz CT molecular complexity index is 619. The largest absolute Gasteiger partial charge is 0.388 e. The predicted molar refractivity (Wildman–Crippen MR) is 81.5 cm³/mol. The van der Waals surface area contributed by atoms with Crippen molar-refractivity contribution >= 4 is 17.5 Å². The summed E-state index contributed by atoms with van der Waals surface area (Å²) < 4.78 is 4.70. The summed E-state index contributed by atoms with van der Waals surface area (Å²) in [6.45, 7) is 1.22. The van der Waals surface area contributed by atoms with E-state index in [-0.39, 0.29) is 11.8 Å². The third kappa shape index (κ3) is 3.15. The minimum absolute atomic E-state index is 0.117. The normalized spacial score (nSPS) is 17.5. The lowest BCUT2D eigenvalue weighted by atomic mass is 9.87. The quantitative estimate of drug-likeness (QED) is 0.944. The molecule has 2 aromatic rings. The number of amides is 1. The molecule has 0 spiro atoms. The van der Waals surface area contributed by atoms with Crippen LogP contribution in [0.25, 0.3) is 0 Å². The molecule has 116 valence electrons. The molecule has 1 atom stereocenters. The molecule has 1 aliphatic rings. The van der Waals surface area contributed by atoms with E-state index >= 15 is 0 Å². The molecule has 1 aliphatic heterocycles. The second kappa shape index (κ2) is 6.50. The summed E-state index contributed by atoms with van der Waals surface area (Å²) in [5.41, 5.74) is 1.20. The van der Waals surface area contributed by atoms with Crippen molar-refractivity contribution in [1.29, 1.82) is 0 Å². The molecule has 3 rings (SSSR count). The number of carbonyl (C=O) groups is 1. The van der Waals surface area contributed by atoms with Crippen LogP contribution in [0.1, 0.15) is 35.0 Å². The van der Waals surface area contributed by atoms with Gasteiger partial charge in [0.25, 0.3) is 5.91 Å². The van der Waals surface area contributed by atoms with Crippen molar-refractivity contribution in [2.75, 3.05) is 13.1 Å². The second-order valence-corrected chi connectivity index (χ2v) is 5.95. The minimum Gasteiger partial charge on any atom is -0.388 e. The van der Waals surface area contributed by atoms with E-state index in [0.29, 0.717) is 23.8 Å². The van der Waals surface area contributed by atoms with Gasteiger partial charge in [-0.05, 0) is 36.5 Å². The Kier molecular flexibility index (Phi) is 4.45. The van der Waals surface area contributed by atoms with Gasteiger partial charge in [-0.15, -0.1) is 0 Å². The molecule has 0 saturated carbocycles. The van der Waals surface area contributed by atoms with Gasteiger partial charge >= 0.3 is 0 Å². The van der Waals surface area contributed by atoms with Crippen LogP contribution in [0.4, 0.5) is 0 Å². The van der Waals surface area contributed by atoms with Gasteiger partial charge in [0.15, 0.2) is 5.69 Å². The first-order valence-electron chi connectivity index (χ1n) is 7.28. The molecule has 5 nitrogen and oxygen atoms in total. The van der Waals surface area contributed by atoms with Crippen LogP contribution >= 0.6 is 11.6 Å². The zero-order valence-electron chi connectivity index (χ0n) is 12.0. The van der Waals surface area contributed by atoms with E-state index in [1.165, 1.54) is 6.26 Å². The Morgan fingerprint density at radius 3 is 2.55 bits per heavy atom. The van der Waals surface area contributed by atoms with E-state index in [0.717, 1.165) is 18.4 Å². The summed E-state index contributed by atoms with van der Waals surface area (Å²) >= 11 is 5.87. The Morgan fingerprint density at radius 1 is 1.27 bits per heavy atom. The van der Waals surface area contributed by atoms with E-state index in [1.54, 1.807) is 23.1 Å². The second-order valence-electron chi connectivity index (χ2n) is 5.51. The number of nitrogens with zero attached hydrogens (tertiary/aromatic N) is 2. The summed E-state index contributed by atoms with van der Waals surface area (Å²) in [5, 5.41) is 14.8. The van der Waals surface area contributed by atoms with Crippen LogP contribution in [-0.2, 0) is 0 Å². The number of benzene rings is 1. The average molecular weight is 321 g/mol. The van der Waals surface area contributed by atoms with Gasteiger partial charge < -0.3 is 14.5 Å². The smallest absolute Gasteiger partial charge is 0.276 e. The van der Waals surface area contributed by atoms with E-state index < -0.39 is 6.10 Å². The molecule has 22 heavy (non-hydrogen) atoms. The highest BCUT2D eigenvalue weighted by molar-refractivity contribution is 6.30. The maximum Gasteiger partial charge on any atom is 0.276 e. The highest BCUT2D eigenvalue weighted by Gasteiger charge is 2.29. The number of aromatic nitrogens is 1. The molecule has 1 saturated heterocycles. The van der Waals surface area contributed by atoms with Crippen LogP contribution in [-0.4, -0.2) is 34.2 Å². The summed E-state index contributed by atoms with van der Waals surface area (Å²) in [6.07, 6.45) is 2.38. The van der Waals surface area contributed by atoms with Crippen molar-refractivity contribution in [3.8, 4) is 0 Å². The lowest BCUT2D eigenvalue weighted by Crippen LogP contribution is -2.39. The summed E-state index contributed by atoms with van der Waals surface area (Å²) in [6, 6.07) is 8.82. The number of likely N-dealkylation sites (tertiary alicyclic amines) is 1. The zero-order chi connectivity index (χ0) is 15.5. The number of aliphatic hydroxyl groups excluding tert-OH is 1. The molecule has 6 heteroatoms. The SMILES string of the molecule is O=C(c1ccon1)N1CCC(C(O)c2ccc(Cl)cc2)CC1. The number of carbonyl (C=O) groups excluding carboxylic acids is 1. The monoisotopic (exact) mass is 320 g/mol. The Hall–Kier alpha value is -1.85. The first-order chi connectivity index (χ1) is 10.6. The fourth-order valence-electron chi connectivity index (χ4n) is 2.84. The predicted octanol–water partition coefficient (Wildman–Crippen LogP) is 2.91. The molecule has 1 aromatic heterocycles. The van der Waals surface area contributed by atoms with Crippen LogP contribution in [0, 0.1) is 5.92 Å². The first-order valence-corrected chi connectivity index (χ1v) is 7.66. The molecule has 1 fully saturated rings. The third-order valence-electron chi connectivity index (χ3n) is 4.14. The Labute approximate surface area is 133 Å². The van der Waals surface area contributed by atoms with E-state index in [9.17, 15) is 9.90 Å². The summed E-state index contributed by atoms with van der Waals surface area (Å²) in [4.78, 5) is 13.9. The number of piperidine rings is 1. The molecule has 1 N–H and O–H groups in total. The maximum absolute atomic E-state index is 12.2. The molecule has 1 aromatic carbocycles. The number of hydrogen-bond donors (Lipinski definition) is 1. The maximum atomic E-state index is 12.2. The van der Waals surface area contributed by atoms with Gasteiger partial charge in [-0.25, -0.2) is 0 Å². The van der Waals surface area contributed by atoms with Crippen molar-refractivity contribution in [2.45, 2.75) is 18.9 Å². The van der Waals surface area contributed by atoms with Crippen LogP contribution in [0.2, 0.25) is 5.02 Å². The number of aliphatic hydroxyl groups is 1. The van der Waals surface area contributed by atoms with E-state index in [2.05, 4.69) is 5.16 Å². The summed E-state index contributed by atoms with van der Waals surface area (Å²) in [7, 11) is 0. The summed E-state index contributed by atoms with van der Waals surface area (Å²) in [5.74, 6) is 0.0238. The van der Waals surface area contributed by atoms with E-state index in [1.807, 2.05) is 12.1 Å². The average Bonchev–Trinajstić information content (AvgIpc) is 3.09. The third-order valence-corrected chi connectivity index (χ3v) is 4.39.